The van der Waals surface area contributed by atoms with Crippen LogP contribution in [0.2, 0.25) is 0 Å². The molecule has 0 saturated carbocycles. The van der Waals surface area contributed by atoms with Gasteiger partial charge in [-0.2, -0.15) is 0 Å². The molecule has 0 atom stereocenters. The number of hydrogen-bond acceptors (Lipinski definition) is 1. The van der Waals surface area contributed by atoms with Gasteiger partial charge in [-0.15, -0.1) is 0 Å². The fourth-order valence-corrected chi connectivity index (χ4v) is 1.26. The van der Waals surface area contributed by atoms with Crippen molar-refractivity contribution in [3.63, 3.8) is 0 Å². The molecule has 1 rings (SSSR count). The summed E-state index contributed by atoms with van der Waals surface area (Å²) in [7, 11) is 0. The van der Waals surface area contributed by atoms with E-state index in [4.69, 9.17) is 0 Å². The van der Waals surface area contributed by atoms with Gasteiger partial charge in [0, 0.05) is 11.1 Å². The first-order chi connectivity index (χ1) is 6.80. The average Bonchev–Trinajstić information content (AvgIpc) is 2.08. The standard InChI is InChI=1S/C13H19NO/c1-9-6-7-11(10(2)8-9)14-12(15)13(3,4)5/h6-8H,1-5H3,(H,14,15). The summed E-state index contributed by atoms with van der Waals surface area (Å²) in [5, 5.41) is 2.94. The fraction of sp³-hybridized carbons (Fsp3) is 0.462. The highest BCUT2D eigenvalue weighted by atomic mass is 16.2. The van der Waals surface area contributed by atoms with Crippen molar-refractivity contribution >= 4 is 11.6 Å². The molecule has 2 heteroatoms. The van der Waals surface area contributed by atoms with Gasteiger partial charge in [-0.05, 0) is 25.5 Å². The van der Waals surface area contributed by atoms with E-state index < -0.39 is 0 Å². The van der Waals surface area contributed by atoms with E-state index in [1.165, 1.54) is 5.56 Å². The van der Waals surface area contributed by atoms with Gasteiger partial charge in [-0.25, -0.2) is 0 Å². The summed E-state index contributed by atoms with van der Waals surface area (Å²) in [4.78, 5) is 11.8. The molecule has 2 nitrogen and oxygen atoms in total. The molecule has 0 aliphatic heterocycles. The summed E-state index contributed by atoms with van der Waals surface area (Å²) >= 11 is 0. The van der Waals surface area contributed by atoms with Gasteiger partial charge in [-0.1, -0.05) is 38.5 Å². The third kappa shape index (κ3) is 3.08. The van der Waals surface area contributed by atoms with Gasteiger partial charge in [0.1, 0.15) is 0 Å². The number of carbonyl (C=O) groups excluding carboxylic acids is 1. The van der Waals surface area contributed by atoms with Crippen LogP contribution in [0.15, 0.2) is 18.2 Å². The van der Waals surface area contributed by atoms with Gasteiger partial charge in [0.05, 0.1) is 0 Å². The van der Waals surface area contributed by atoms with Crippen LogP contribution in [0, 0.1) is 19.3 Å². The van der Waals surface area contributed by atoms with E-state index in [1.807, 2.05) is 46.8 Å². The Kier molecular flexibility index (Phi) is 3.18. The van der Waals surface area contributed by atoms with E-state index in [9.17, 15) is 4.79 Å². The third-order valence-electron chi connectivity index (χ3n) is 2.31. The second kappa shape index (κ2) is 4.05. The van der Waals surface area contributed by atoms with Crippen LogP contribution >= 0.6 is 0 Å². The molecule has 0 bridgehead atoms. The molecule has 0 radical (unpaired) electrons. The highest BCUT2D eigenvalue weighted by molar-refractivity contribution is 5.95. The van der Waals surface area contributed by atoms with Crippen molar-refractivity contribution in [2.75, 3.05) is 5.32 Å². The Labute approximate surface area is 91.7 Å². The molecule has 1 amide bonds. The smallest absolute Gasteiger partial charge is 0.229 e. The third-order valence-corrected chi connectivity index (χ3v) is 2.31. The minimum atomic E-state index is -0.350. The van der Waals surface area contributed by atoms with Crippen molar-refractivity contribution in [1.29, 1.82) is 0 Å². The molecule has 1 N–H and O–H groups in total. The maximum atomic E-state index is 11.8. The van der Waals surface area contributed by atoms with Crippen LogP contribution in [0.25, 0.3) is 0 Å². The topological polar surface area (TPSA) is 29.1 Å². The Morgan fingerprint density at radius 1 is 1.20 bits per heavy atom. The molecule has 15 heavy (non-hydrogen) atoms. The zero-order chi connectivity index (χ0) is 11.6. The Hall–Kier alpha value is -1.31. The zero-order valence-corrected chi connectivity index (χ0v) is 10.1. The van der Waals surface area contributed by atoms with Crippen LogP contribution < -0.4 is 5.32 Å². The Balaban J connectivity index is 2.87. The van der Waals surface area contributed by atoms with E-state index >= 15 is 0 Å². The van der Waals surface area contributed by atoms with Gasteiger partial charge in [0.15, 0.2) is 0 Å². The summed E-state index contributed by atoms with van der Waals surface area (Å²) in [6, 6.07) is 6.03. The number of carbonyl (C=O) groups is 1. The molecule has 0 spiro atoms. The van der Waals surface area contributed by atoms with Crippen LogP contribution in [-0.4, -0.2) is 5.91 Å². The molecule has 1 aromatic carbocycles. The lowest BCUT2D eigenvalue weighted by Crippen LogP contribution is -2.27. The van der Waals surface area contributed by atoms with E-state index in [1.54, 1.807) is 0 Å². The van der Waals surface area contributed by atoms with Crippen molar-refractivity contribution in [3.05, 3.63) is 29.3 Å². The predicted molar refractivity (Wildman–Crippen MR) is 64.0 cm³/mol. The zero-order valence-electron chi connectivity index (χ0n) is 10.1. The van der Waals surface area contributed by atoms with Crippen LogP contribution in [0.1, 0.15) is 31.9 Å². The number of amides is 1. The molecule has 0 aliphatic carbocycles. The number of aryl methyl sites for hydroxylation is 2. The van der Waals surface area contributed by atoms with E-state index in [-0.39, 0.29) is 11.3 Å². The van der Waals surface area contributed by atoms with Gasteiger partial charge < -0.3 is 5.32 Å². The number of rotatable bonds is 1. The maximum absolute atomic E-state index is 11.8. The molecular formula is C13H19NO. The van der Waals surface area contributed by atoms with Gasteiger partial charge in [-0.3, -0.25) is 4.79 Å². The predicted octanol–water partition coefficient (Wildman–Crippen LogP) is 3.29. The Morgan fingerprint density at radius 3 is 2.27 bits per heavy atom. The Bertz CT molecular complexity index is 375. The number of anilines is 1. The van der Waals surface area contributed by atoms with Gasteiger partial charge in [0.25, 0.3) is 0 Å². The van der Waals surface area contributed by atoms with Crippen LogP contribution in [-0.2, 0) is 4.79 Å². The van der Waals surface area contributed by atoms with Crippen molar-refractivity contribution in [2.24, 2.45) is 5.41 Å². The summed E-state index contributed by atoms with van der Waals surface area (Å²) in [6.45, 7) is 9.78. The summed E-state index contributed by atoms with van der Waals surface area (Å²) in [5.41, 5.74) is 2.87. The maximum Gasteiger partial charge on any atom is 0.229 e. The second-order valence-electron chi connectivity index (χ2n) is 5.02. The van der Waals surface area contributed by atoms with E-state index in [2.05, 4.69) is 11.4 Å². The monoisotopic (exact) mass is 205 g/mol. The molecule has 82 valence electrons. The molecule has 0 aromatic heterocycles. The minimum Gasteiger partial charge on any atom is -0.325 e. The number of benzene rings is 1. The Morgan fingerprint density at radius 2 is 1.80 bits per heavy atom. The first kappa shape index (κ1) is 11.8. The normalized spacial score (nSPS) is 11.3. The fourth-order valence-electron chi connectivity index (χ4n) is 1.26. The summed E-state index contributed by atoms with van der Waals surface area (Å²) in [6.07, 6.45) is 0. The summed E-state index contributed by atoms with van der Waals surface area (Å²) in [5.74, 6) is 0.0504. The lowest BCUT2D eigenvalue weighted by Gasteiger charge is -2.18. The molecular weight excluding hydrogens is 186 g/mol. The highest BCUT2D eigenvalue weighted by Crippen LogP contribution is 2.20. The van der Waals surface area contributed by atoms with Crippen molar-refractivity contribution < 1.29 is 4.79 Å². The van der Waals surface area contributed by atoms with Gasteiger partial charge in [0.2, 0.25) is 5.91 Å². The molecule has 0 aliphatic rings. The lowest BCUT2D eigenvalue weighted by atomic mass is 9.95. The van der Waals surface area contributed by atoms with Gasteiger partial charge >= 0.3 is 0 Å². The van der Waals surface area contributed by atoms with E-state index in [0.29, 0.717) is 0 Å². The largest absolute Gasteiger partial charge is 0.325 e. The first-order valence-electron chi connectivity index (χ1n) is 5.19. The molecule has 0 unspecified atom stereocenters. The highest BCUT2D eigenvalue weighted by Gasteiger charge is 2.21. The van der Waals surface area contributed by atoms with Crippen LogP contribution in [0.3, 0.4) is 0 Å². The molecule has 0 saturated heterocycles. The lowest BCUT2D eigenvalue weighted by molar-refractivity contribution is -0.123. The number of nitrogens with one attached hydrogen (secondary N) is 1. The minimum absolute atomic E-state index is 0.0504. The van der Waals surface area contributed by atoms with E-state index in [0.717, 1.165) is 11.3 Å². The summed E-state index contributed by atoms with van der Waals surface area (Å²) < 4.78 is 0. The number of hydrogen-bond donors (Lipinski definition) is 1. The van der Waals surface area contributed by atoms with Crippen molar-refractivity contribution in [3.8, 4) is 0 Å². The SMILES string of the molecule is Cc1ccc(NC(=O)C(C)(C)C)c(C)c1. The van der Waals surface area contributed by atoms with Crippen LogP contribution in [0.5, 0.6) is 0 Å². The molecule has 0 fully saturated rings. The second-order valence-corrected chi connectivity index (χ2v) is 5.02. The molecule has 1 aromatic rings. The first-order valence-corrected chi connectivity index (χ1v) is 5.19. The molecule has 0 heterocycles. The average molecular weight is 205 g/mol. The van der Waals surface area contributed by atoms with Crippen LogP contribution in [0.4, 0.5) is 5.69 Å². The van der Waals surface area contributed by atoms with Crippen molar-refractivity contribution in [2.45, 2.75) is 34.6 Å². The van der Waals surface area contributed by atoms with Crippen molar-refractivity contribution in [1.82, 2.24) is 0 Å². The quantitative estimate of drug-likeness (QED) is 0.749.